The van der Waals surface area contributed by atoms with E-state index in [9.17, 15) is 9.90 Å². The van der Waals surface area contributed by atoms with Crippen LogP contribution in [0.1, 0.15) is 20.3 Å². The second-order valence-corrected chi connectivity index (χ2v) is 4.79. The van der Waals surface area contributed by atoms with Gasteiger partial charge in [0.05, 0.1) is 19.1 Å². The molecule has 0 radical (unpaired) electrons. The van der Waals surface area contributed by atoms with E-state index in [1.54, 1.807) is 6.92 Å². The third-order valence-corrected chi connectivity index (χ3v) is 2.93. The fourth-order valence-corrected chi connectivity index (χ4v) is 2.01. The largest absolute Gasteiger partial charge is 0.466 e. The topological polar surface area (TPSA) is 58.6 Å². The average molecular weight is 249 g/mol. The van der Waals surface area contributed by atoms with Crippen molar-refractivity contribution in [1.82, 2.24) is 5.32 Å². The molecule has 2 atom stereocenters. The summed E-state index contributed by atoms with van der Waals surface area (Å²) in [6.45, 7) is 5.58. The molecule has 0 saturated heterocycles. The van der Waals surface area contributed by atoms with Gasteiger partial charge in [-0.2, -0.15) is 11.8 Å². The molecule has 0 heterocycles. The third-order valence-electron chi connectivity index (χ3n) is 2.03. The Morgan fingerprint density at radius 2 is 2.19 bits per heavy atom. The van der Waals surface area contributed by atoms with Gasteiger partial charge in [-0.1, -0.05) is 6.92 Å². The Kier molecular flexibility index (Phi) is 9.77. The van der Waals surface area contributed by atoms with E-state index in [0.717, 1.165) is 12.3 Å². The number of rotatable bonds is 9. The smallest absolute Gasteiger partial charge is 0.308 e. The third kappa shape index (κ3) is 9.00. The number of nitrogens with one attached hydrogen (secondary N) is 1. The monoisotopic (exact) mass is 249 g/mol. The van der Waals surface area contributed by atoms with Gasteiger partial charge < -0.3 is 15.2 Å². The lowest BCUT2D eigenvalue weighted by molar-refractivity contribution is -0.145. The zero-order valence-electron chi connectivity index (χ0n) is 10.4. The molecular weight excluding hydrogens is 226 g/mol. The van der Waals surface area contributed by atoms with Crippen LogP contribution in [-0.4, -0.2) is 48.9 Å². The molecule has 0 aromatic rings. The van der Waals surface area contributed by atoms with Crippen LogP contribution in [0.3, 0.4) is 0 Å². The van der Waals surface area contributed by atoms with E-state index in [1.165, 1.54) is 0 Å². The lowest BCUT2D eigenvalue weighted by Crippen LogP contribution is -2.32. The van der Waals surface area contributed by atoms with E-state index < -0.39 is 6.10 Å². The van der Waals surface area contributed by atoms with Crippen LogP contribution in [0.15, 0.2) is 0 Å². The van der Waals surface area contributed by atoms with E-state index >= 15 is 0 Å². The van der Waals surface area contributed by atoms with Gasteiger partial charge in [-0.05, 0) is 31.4 Å². The van der Waals surface area contributed by atoms with Crippen molar-refractivity contribution in [3.8, 4) is 0 Å². The standard InChI is InChI=1S/C11H23NO3S/c1-4-15-11(14)5-10(13)7-12-6-9(2)8-16-3/h9-10,12-13H,4-8H2,1-3H3. The van der Waals surface area contributed by atoms with Crippen LogP contribution in [0.4, 0.5) is 0 Å². The van der Waals surface area contributed by atoms with Crippen molar-refractivity contribution in [3.05, 3.63) is 0 Å². The van der Waals surface area contributed by atoms with Gasteiger partial charge in [0.25, 0.3) is 0 Å². The van der Waals surface area contributed by atoms with Gasteiger partial charge in [-0.25, -0.2) is 0 Å². The molecule has 0 bridgehead atoms. The molecule has 0 fully saturated rings. The first-order chi connectivity index (χ1) is 7.60. The normalized spacial score (nSPS) is 14.5. The molecule has 0 aromatic heterocycles. The number of carbonyl (C=O) groups excluding carboxylic acids is 1. The predicted molar refractivity (Wildman–Crippen MR) is 67.7 cm³/mol. The molecule has 0 aliphatic carbocycles. The Labute approximate surface area is 102 Å². The average Bonchev–Trinajstić information content (AvgIpc) is 2.18. The van der Waals surface area contributed by atoms with Crippen LogP contribution in [0, 0.1) is 5.92 Å². The summed E-state index contributed by atoms with van der Waals surface area (Å²) in [5, 5.41) is 12.7. The Balaban J connectivity index is 3.49. The van der Waals surface area contributed by atoms with Gasteiger partial charge in [0.1, 0.15) is 0 Å². The predicted octanol–water partition coefficient (Wildman–Crippen LogP) is 0.889. The Morgan fingerprint density at radius 1 is 1.50 bits per heavy atom. The Hall–Kier alpha value is -0.260. The molecule has 0 spiro atoms. The summed E-state index contributed by atoms with van der Waals surface area (Å²) in [6.07, 6.45) is 1.49. The zero-order chi connectivity index (χ0) is 12.4. The van der Waals surface area contributed by atoms with E-state index in [4.69, 9.17) is 4.74 Å². The van der Waals surface area contributed by atoms with E-state index in [1.807, 2.05) is 11.8 Å². The first-order valence-electron chi connectivity index (χ1n) is 5.63. The summed E-state index contributed by atoms with van der Waals surface area (Å²) in [5.74, 6) is 1.33. The molecule has 0 aliphatic rings. The second kappa shape index (κ2) is 9.93. The van der Waals surface area contributed by atoms with Gasteiger partial charge in [0.15, 0.2) is 0 Å². The van der Waals surface area contributed by atoms with Crippen LogP contribution >= 0.6 is 11.8 Å². The lowest BCUT2D eigenvalue weighted by Gasteiger charge is -2.14. The van der Waals surface area contributed by atoms with Crippen molar-refractivity contribution in [2.75, 3.05) is 31.7 Å². The number of thioether (sulfide) groups is 1. The quantitative estimate of drug-likeness (QED) is 0.594. The Bertz CT molecular complexity index is 190. The first kappa shape index (κ1) is 15.7. The second-order valence-electron chi connectivity index (χ2n) is 3.88. The highest BCUT2D eigenvalue weighted by Gasteiger charge is 2.11. The van der Waals surface area contributed by atoms with Crippen molar-refractivity contribution >= 4 is 17.7 Å². The summed E-state index contributed by atoms with van der Waals surface area (Å²) < 4.78 is 4.75. The van der Waals surface area contributed by atoms with Crippen LogP contribution in [-0.2, 0) is 9.53 Å². The van der Waals surface area contributed by atoms with Crippen molar-refractivity contribution in [2.24, 2.45) is 5.92 Å². The number of hydrogen-bond acceptors (Lipinski definition) is 5. The minimum atomic E-state index is -0.652. The number of carbonyl (C=O) groups is 1. The minimum absolute atomic E-state index is 0.0672. The highest BCUT2D eigenvalue weighted by molar-refractivity contribution is 7.98. The fraction of sp³-hybridized carbons (Fsp3) is 0.909. The van der Waals surface area contributed by atoms with E-state index in [2.05, 4.69) is 18.5 Å². The molecule has 0 saturated carbocycles. The van der Waals surface area contributed by atoms with Crippen LogP contribution in [0.2, 0.25) is 0 Å². The Morgan fingerprint density at radius 3 is 2.75 bits per heavy atom. The maximum absolute atomic E-state index is 11.0. The number of esters is 1. The summed E-state index contributed by atoms with van der Waals surface area (Å²) >= 11 is 1.81. The highest BCUT2D eigenvalue weighted by Crippen LogP contribution is 2.02. The summed E-state index contributed by atoms with van der Waals surface area (Å²) in [4.78, 5) is 11.0. The molecular formula is C11H23NO3S. The van der Waals surface area contributed by atoms with Gasteiger partial charge in [0.2, 0.25) is 0 Å². The molecule has 16 heavy (non-hydrogen) atoms. The van der Waals surface area contributed by atoms with Crippen LogP contribution in [0.25, 0.3) is 0 Å². The fourth-order valence-electron chi connectivity index (χ4n) is 1.32. The SMILES string of the molecule is CCOC(=O)CC(O)CNCC(C)CSC. The molecule has 2 unspecified atom stereocenters. The van der Waals surface area contributed by atoms with Crippen molar-refractivity contribution in [2.45, 2.75) is 26.4 Å². The number of hydrogen-bond donors (Lipinski definition) is 2. The lowest BCUT2D eigenvalue weighted by atomic mass is 10.2. The minimum Gasteiger partial charge on any atom is -0.466 e. The molecule has 5 heteroatoms. The van der Waals surface area contributed by atoms with Crippen LogP contribution < -0.4 is 5.32 Å². The van der Waals surface area contributed by atoms with Crippen LogP contribution in [0.5, 0.6) is 0 Å². The first-order valence-corrected chi connectivity index (χ1v) is 7.02. The molecule has 0 amide bonds. The van der Waals surface area contributed by atoms with Crippen molar-refractivity contribution in [3.63, 3.8) is 0 Å². The van der Waals surface area contributed by atoms with Gasteiger partial charge in [0, 0.05) is 6.54 Å². The zero-order valence-corrected chi connectivity index (χ0v) is 11.2. The van der Waals surface area contributed by atoms with E-state index in [-0.39, 0.29) is 12.4 Å². The summed E-state index contributed by atoms with van der Waals surface area (Å²) in [7, 11) is 0. The highest BCUT2D eigenvalue weighted by atomic mass is 32.2. The molecule has 0 rings (SSSR count). The van der Waals surface area contributed by atoms with Gasteiger partial charge in [-0.3, -0.25) is 4.79 Å². The van der Waals surface area contributed by atoms with Gasteiger partial charge in [-0.15, -0.1) is 0 Å². The van der Waals surface area contributed by atoms with Gasteiger partial charge >= 0.3 is 5.97 Å². The van der Waals surface area contributed by atoms with E-state index in [0.29, 0.717) is 19.1 Å². The molecule has 2 N–H and O–H groups in total. The van der Waals surface area contributed by atoms with Crippen molar-refractivity contribution < 1.29 is 14.6 Å². The molecule has 96 valence electrons. The maximum atomic E-state index is 11.0. The molecule has 0 aromatic carbocycles. The molecule has 4 nitrogen and oxygen atoms in total. The summed E-state index contributed by atoms with van der Waals surface area (Å²) in [6, 6.07) is 0. The molecule has 0 aliphatic heterocycles. The number of aliphatic hydroxyl groups excluding tert-OH is 1. The van der Waals surface area contributed by atoms with Crippen molar-refractivity contribution in [1.29, 1.82) is 0 Å². The number of ether oxygens (including phenoxy) is 1. The summed E-state index contributed by atoms with van der Waals surface area (Å²) in [5.41, 5.74) is 0. The number of aliphatic hydroxyl groups is 1. The maximum Gasteiger partial charge on any atom is 0.308 e.